The molecule has 0 saturated heterocycles. The van der Waals surface area contributed by atoms with Gasteiger partial charge in [0, 0.05) is 36.0 Å². The van der Waals surface area contributed by atoms with Crippen molar-refractivity contribution in [3.8, 4) is 17.2 Å². The Balaban J connectivity index is 1.36. The first-order valence-corrected chi connectivity index (χ1v) is 12.6. The second-order valence-electron chi connectivity index (χ2n) is 7.35. The van der Waals surface area contributed by atoms with E-state index in [-0.39, 0.29) is 5.82 Å². The van der Waals surface area contributed by atoms with Gasteiger partial charge in [0.25, 0.3) is 5.82 Å². The first-order valence-electron chi connectivity index (χ1n) is 10.2. The minimum absolute atomic E-state index is 0.218. The van der Waals surface area contributed by atoms with Crippen LogP contribution in [0.3, 0.4) is 0 Å². The van der Waals surface area contributed by atoms with E-state index in [1.54, 1.807) is 41.9 Å². The van der Waals surface area contributed by atoms with Crippen LogP contribution in [0.5, 0.6) is 5.88 Å². The number of nitrogen functional groups attached to an aromatic ring is 1. The van der Waals surface area contributed by atoms with Crippen molar-refractivity contribution >= 4 is 25.0 Å². The zero-order chi connectivity index (χ0) is 24.1. The second kappa shape index (κ2) is 10.4. The van der Waals surface area contributed by atoms with Gasteiger partial charge >= 0.3 is 7.82 Å². The zero-order valence-corrected chi connectivity index (χ0v) is 19.9. The van der Waals surface area contributed by atoms with Gasteiger partial charge in [-0.15, -0.1) is 11.3 Å². The van der Waals surface area contributed by atoms with Gasteiger partial charge in [0.15, 0.2) is 5.76 Å². The molecule has 0 aliphatic heterocycles. The predicted octanol–water partition coefficient (Wildman–Crippen LogP) is 2.65. The summed E-state index contributed by atoms with van der Waals surface area (Å²) in [7, 11) is -4.63. The highest BCUT2D eigenvalue weighted by molar-refractivity contribution is 7.46. The van der Waals surface area contributed by atoms with Crippen LogP contribution in [0.15, 0.2) is 52.8 Å². The SMILES string of the molecule is Cc1ncsc1CCOc1ccc(Cc2cc(-c3ccc[n+](COP(=O)(O)O)c3N)on2)cn1. The van der Waals surface area contributed by atoms with E-state index in [0.717, 1.165) is 17.7 Å². The van der Waals surface area contributed by atoms with Crippen molar-refractivity contribution < 1.29 is 32.7 Å². The van der Waals surface area contributed by atoms with Crippen molar-refractivity contribution in [2.24, 2.45) is 0 Å². The maximum atomic E-state index is 11.0. The predicted molar refractivity (Wildman–Crippen MR) is 123 cm³/mol. The fourth-order valence-electron chi connectivity index (χ4n) is 3.17. The van der Waals surface area contributed by atoms with E-state index >= 15 is 0 Å². The third kappa shape index (κ3) is 6.25. The van der Waals surface area contributed by atoms with Crippen LogP contribution in [0, 0.1) is 6.92 Å². The second-order valence-corrected chi connectivity index (χ2v) is 9.53. The number of rotatable bonds is 10. The van der Waals surface area contributed by atoms with Crippen LogP contribution < -0.4 is 15.0 Å². The van der Waals surface area contributed by atoms with E-state index < -0.39 is 14.6 Å². The molecular weight excluding hydrogens is 481 g/mol. The van der Waals surface area contributed by atoms with Crippen molar-refractivity contribution in [2.75, 3.05) is 12.3 Å². The number of thiazole rings is 1. The molecule has 0 unspecified atom stereocenters. The van der Waals surface area contributed by atoms with Crippen LogP contribution in [-0.4, -0.2) is 31.5 Å². The van der Waals surface area contributed by atoms with Crippen molar-refractivity contribution in [3.05, 3.63) is 70.1 Å². The summed E-state index contributed by atoms with van der Waals surface area (Å²) in [6.07, 6.45) is 4.55. The standard InChI is InChI=1S/C21H22N5O6PS/c1-14-19(34-12-24-14)6-8-30-20-5-4-15(11-23-20)9-16-10-18(32-25-16)17-3-2-7-26(21(17)22)13-31-33(27,28)29/h2-5,7,10-12,22H,6,8-9,13H2,1H3,(H2,27,28,29)/p+1. The van der Waals surface area contributed by atoms with Crippen molar-refractivity contribution in [1.29, 1.82) is 0 Å². The van der Waals surface area contributed by atoms with Gasteiger partial charge in [-0.1, -0.05) is 11.2 Å². The molecule has 0 spiro atoms. The highest BCUT2D eigenvalue weighted by atomic mass is 32.1. The number of hydrogen-bond acceptors (Lipinski definition) is 9. The van der Waals surface area contributed by atoms with Gasteiger partial charge in [-0.2, -0.15) is 0 Å². The fourth-order valence-corrected chi connectivity index (χ4v) is 4.21. The molecule has 4 N–H and O–H groups in total. The maximum Gasteiger partial charge on any atom is 0.472 e. The molecule has 0 atom stereocenters. The van der Waals surface area contributed by atoms with Crippen LogP contribution in [0.25, 0.3) is 11.3 Å². The Morgan fingerprint density at radius 2 is 2.12 bits per heavy atom. The molecule has 11 nitrogen and oxygen atoms in total. The molecule has 0 amide bonds. The molecule has 0 aliphatic carbocycles. The van der Waals surface area contributed by atoms with E-state index in [2.05, 4.69) is 19.6 Å². The Labute approximate surface area is 199 Å². The molecule has 4 rings (SSSR count). The Kier molecular flexibility index (Phi) is 7.35. The summed E-state index contributed by atoms with van der Waals surface area (Å²) in [4.78, 5) is 27.6. The van der Waals surface area contributed by atoms with Crippen LogP contribution in [-0.2, 0) is 28.7 Å². The first-order chi connectivity index (χ1) is 16.3. The lowest BCUT2D eigenvalue weighted by molar-refractivity contribution is -0.711. The third-order valence-corrected chi connectivity index (χ3v) is 6.36. The smallest absolute Gasteiger partial charge is 0.472 e. The topological polar surface area (TPSA) is 158 Å². The van der Waals surface area contributed by atoms with Gasteiger partial charge in [0.1, 0.15) is 5.56 Å². The molecule has 4 aromatic heterocycles. The van der Waals surface area contributed by atoms with Gasteiger partial charge in [-0.05, 0) is 24.6 Å². The summed E-state index contributed by atoms with van der Waals surface area (Å²) >= 11 is 1.62. The molecule has 0 aliphatic rings. The molecule has 4 heterocycles. The molecule has 13 heteroatoms. The van der Waals surface area contributed by atoms with Crippen molar-refractivity contribution in [1.82, 2.24) is 15.1 Å². The van der Waals surface area contributed by atoms with E-state index in [1.807, 2.05) is 24.6 Å². The van der Waals surface area contributed by atoms with Crippen molar-refractivity contribution in [3.63, 3.8) is 0 Å². The number of phosphoric ester groups is 1. The number of aryl methyl sites for hydroxylation is 1. The number of aromatic nitrogens is 4. The van der Waals surface area contributed by atoms with Crippen LogP contribution >= 0.6 is 19.2 Å². The Morgan fingerprint density at radius 3 is 2.82 bits per heavy atom. The summed E-state index contributed by atoms with van der Waals surface area (Å²) in [6.45, 7) is 2.10. The van der Waals surface area contributed by atoms with Crippen molar-refractivity contribution in [2.45, 2.75) is 26.5 Å². The van der Waals surface area contributed by atoms with E-state index in [0.29, 0.717) is 35.9 Å². The third-order valence-electron chi connectivity index (χ3n) is 4.91. The minimum Gasteiger partial charge on any atom is -0.477 e. The molecule has 0 radical (unpaired) electrons. The van der Waals surface area contributed by atoms with Gasteiger partial charge in [0.05, 0.1) is 29.7 Å². The molecule has 0 saturated carbocycles. The molecule has 4 aromatic rings. The molecule has 0 fully saturated rings. The number of nitrogens with zero attached hydrogens (tertiary/aromatic N) is 4. The van der Waals surface area contributed by atoms with Gasteiger partial charge < -0.3 is 19.0 Å². The van der Waals surface area contributed by atoms with Crippen LogP contribution in [0.1, 0.15) is 21.8 Å². The van der Waals surface area contributed by atoms with Gasteiger partial charge in [-0.3, -0.25) is 5.73 Å². The first kappa shape index (κ1) is 24.0. The molecule has 178 valence electrons. The average Bonchev–Trinajstić information content (AvgIpc) is 3.43. The lowest BCUT2D eigenvalue weighted by Crippen LogP contribution is -2.38. The number of anilines is 1. The van der Waals surface area contributed by atoms with Gasteiger partial charge in [-0.25, -0.2) is 23.6 Å². The minimum atomic E-state index is -4.63. The van der Waals surface area contributed by atoms with Gasteiger partial charge in [0.2, 0.25) is 12.6 Å². The monoisotopic (exact) mass is 504 g/mol. The largest absolute Gasteiger partial charge is 0.477 e. The molecule has 34 heavy (non-hydrogen) atoms. The number of phosphoric acid groups is 1. The lowest BCUT2D eigenvalue weighted by atomic mass is 10.1. The van der Waals surface area contributed by atoms with E-state index in [1.165, 1.54) is 9.44 Å². The summed E-state index contributed by atoms with van der Waals surface area (Å²) in [5.41, 5.74) is 11.1. The highest BCUT2D eigenvalue weighted by Gasteiger charge is 2.20. The summed E-state index contributed by atoms with van der Waals surface area (Å²) in [5, 5.41) is 4.09. The molecular formula is C21H23N5O6PS+. The zero-order valence-electron chi connectivity index (χ0n) is 18.2. The average molecular weight is 504 g/mol. The van der Waals surface area contributed by atoms with Crippen LogP contribution in [0.4, 0.5) is 5.82 Å². The normalized spacial score (nSPS) is 11.6. The number of nitrogens with two attached hydrogens (primary N) is 1. The Bertz CT molecular complexity index is 1300. The Hall–Kier alpha value is -3.15. The molecule has 0 aromatic carbocycles. The highest BCUT2D eigenvalue weighted by Crippen LogP contribution is 2.35. The summed E-state index contributed by atoms with van der Waals surface area (Å²) in [5.74, 6) is 1.19. The number of ether oxygens (including phenoxy) is 1. The fraction of sp³-hybridized carbons (Fsp3) is 0.238. The summed E-state index contributed by atoms with van der Waals surface area (Å²) < 4.78 is 28.0. The van der Waals surface area contributed by atoms with Crippen LogP contribution in [0.2, 0.25) is 0 Å². The lowest BCUT2D eigenvalue weighted by Gasteiger charge is -2.07. The molecule has 0 bridgehead atoms. The Morgan fingerprint density at radius 1 is 1.26 bits per heavy atom. The van der Waals surface area contributed by atoms with E-state index in [4.69, 9.17) is 24.8 Å². The maximum absolute atomic E-state index is 11.0. The quantitative estimate of drug-likeness (QED) is 0.217. The number of hydrogen-bond donors (Lipinski definition) is 3. The summed E-state index contributed by atoms with van der Waals surface area (Å²) in [6, 6.07) is 8.86. The van der Waals surface area contributed by atoms with E-state index in [9.17, 15) is 4.57 Å². The number of pyridine rings is 2.